The molecule has 1 aromatic heterocycles. The standard InChI is InChI=1S/C12H14N4O/c1-2-4-10(5-3-1)11-14-12(17-15-11)16-8-6-13-7-9-16/h1-5,13H,6-9H2. The first-order chi connectivity index (χ1) is 8.43. The minimum atomic E-state index is 0.616. The molecule has 88 valence electrons. The number of hydrogen-bond donors (Lipinski definition) is 1. The average Bonchev–Trinajstić information content (AvgIpc) is 2.90. The molecule has 1 fully saturated rings. The molecule has 0 aliphatic carbocycles. The number of rotatable bonds is 2. The third-order valence-corrected chi connectivity index (χ3v) is 2.83. The van der Waals surface area contributed by atoms with E-state index in [1.165, 1.54) is 0 Å². The van der Waals surface area contributed by atoms with Crippen molar-refractivity contribution in [2.75, 3.05) is 31.1 Å². The van der Waals surface area contributed by atoms with Gasteiger partial charge in [-0.1, -0.05) is 35.5 Å². The van der Waals surface area contributed by atoms with Crippen molar-refractivity contribution in [3.05, 3.63) is 30.3 Å². The summed E-state index contributed by atoms with van der Waals surface area (Å²) in [5.41, 5.74) is 0.984. The zero-order valence-corrected chi connectivity index (χ0v) is 9.47. The van der Waals surface area contributed by atoms with Crippen molar-refractivity contribution in [2.45, 2.75) is 0 Å². The minimum Gasteiger partial charge on any atom is -0.322 e. The van der Waals surface area contributed by atoms with Gasteiger partial charge in [-0.2, -0.15) is 4.98 Å². The molecule has 0 radical (unpaired) electrons. The highest BCUT2D eigenvalue weighted by atomic mass is 16.5. The van der Waals surface area contributed by atoms with E-state index < -0.39 is 0 Å². The summed E-state index contributed by atoms with van der Waals surface area (Å²) in [6, 6.07) is 10.5. The molecule has 0 unspecified atom stereocenters. The van der Waals surface area contributed by atoms with Gasteiger partial charge in [-0.3, -0.25) is 0 Å². The quantitative estimate of drug-likeness (QED) is 0.838. The van der Waals surface area contributed by atoms with E-state index >= 15 is 0 Å². The number of hydrogen-bond acceptors (Lipinski definition) is 5. The molecule has 17 heavy (non-hydrogen) atoms. The van der Waals surface area contributed by atoms with Crippen LogP contribution in [0.25, 0.3) is 11.4 Å². The molecule has 2 heterocycles. The van der Waals surface area contributed by atoms with E-state index in [-0.39, 0.29) is 0 Å². The Bertz CT molecular complexity index is 476. The summed E-state index contributed by atoms with van der Waals surface area (Å²) < 4.78 is 5.30. The van der Waals surface area contributed by atoms with Crippen molar-refractivity contribution in [1.29, 1.82) is 0 Å². The average molecular weight is 230 g/mol. The molecule has 2 aromatic rings. The third kappa shape index (κ3) is 2.14. The summed E-state index contributed by atoms with van der Waals surface area (Å²) in [6.07, 6.45) is 0. The highest BCUT2D eigenvalue weighted by Gasteiger charge is 2.17. The van der Waals surface area contributed by atoms with Crippen LogP contribution in [0.2, 0.25) is 0 Å². The highest BCUT2D eigenvalue weighted by molar-refractivity contribution is 5.55. The zero-order valence-electron chi connectivity index (χ0n) is 9.47. The smallest absolute Gasteiger partial charge is 0.322 e. The lowest BCUT2D eigenvalue weighted by molar-refractivity contribution is 0.405. The summed E-state index contributed by atoms with van der Waals surface area (Å²) in [7, 11) is 0. The van der Waals surface area contributed by atoms with Gasteiger partial charge < -0.3 is 14.7 Å². The SMILES string of the molecule is c1ccc(-c2noc(N3CCNCC3)n2)cc1. The van der Waals surface area contributed by atoms with Gasteiger partial charge in [0.15, 0.2) is 0 Å². The molecule has 1 aliphatic heterocycles. The Morgan fingerprint density at radius 1 is 1.12 bits per heavy atom. The fourth-order valence-electron chi connectivity index (χ4n) is 1.90. The second-order valence-electron chi connectivity index (χ2n) is 4.00. The molecule has 1 aromatic carbocycles. The molecule has 3 rings (SSSR count). The van der Waals surface area contributed by atoms with E-state index in [0.717, 1.165) is 31.7 Å². The van der Waals surface area contributed by atoms with Gasteiger partial charge in [0, 0.05) is 31.7 Å². The van der Waals surface area contributed by atoms with Crippen molar-refractivity contribution in [1.82, 2.24) is 15.5 Å². The Labute approximate surface area is 99.4 Å². The van der Waals surface area contributed by atoms with E-state index in [4.69, 9.17) is 4.52 Å². The number of piperazine rings is 1. The number of nitrogens with zero attached hydrogens (tertiary/aromatic N) is 3. The maximum absolute atomic E-state index is 5.30. The Balaban J connectivity index is 1.83. The number of anilines is 1. The van der Waals surface area contributed by atoms with E-state index in [9.17, 15) is 0 Å². The fraction of sp³-hybridized carbons (Fsp3) is 0.333. The maximum atomic E-state index is 5.30. The van der Waals surface area contributed by atoms with Crippen LogP contribution in [0.4, 0.5) is 6.01 Å². The molecule has 1 saturated heterocycles. The van der Waals surface area contributed by atoms with Gasteiger partial charge in [-0.25, -0.2) is 0 Å². The predicted octanol–water partition coefficient (Wildman–Crippen LogP) is 1.15. The Hall–Kier alpha value is -1.88. The van der Waals surface area contributed by atoms with Crippen LogP contribution >= 0.6 is 0 Å². The summed E-state index contributed by atoms with van der Waals surface area (Å²) in [5.74, 6) is 0.652. The molecular formula is C12H14N4O. The van der Waals surface area contributed by atoms with Crippen LogP contribution in [0, 0.1) is 0 Å². The summed E-state index contributed by atoms with van der Waals surface area (Å²) >= 11 is 0. The van der Waals surface area contributed by atoms with Crippen molar-refractivity contribution in [3.8, 4) is 11.4 Å². The number of nitrogens with one attached hydrogen (secondary N) is 1. The van der Waals surface area contributed by atoms with Crippen molar-refractivity contribution >= 4 is 6.01 Å². The van der Waals surface area contributed by atoms with Crippen molar-refractivity contribution < 1.29 is 4.52 Å². The first-order valence-corrected chi connectivity index (χ1v) is 5.78. The van der Waals surface area contributed by atoms with Crippen molar-refractivity contribution in [2.24, 2.45) is 0 Å². The van der Waals surface area contributed by atoms with E-state index in [0.29, 0.717) is 11.8 Å². The molecule has 1 N–H and O–H groups in total. The van der Waals surface area contributed by atoms with Crippen LogP contribution in [0.1, 0.15) is 0 Å². The first kappa shape index (κ1) is 10.3. The van der Waals surface area contributed by atoms with Crippen LogP contribution in [0.3, 0.4) is 0 Å². The lowest BCUT2D eigenvalue weighted by Crippen LogP contribution is -2.43. The van der Waals surface area contributed by atoms with Gasteiger partial charge >= 0.3 is 6.01 Å². The van der Waals surface area contributed by atoms with Gasteiger partial charge in [-0.15, -0.1) is 0 Å². The van der Waals surface area contributed by atoms with Crippen LogP contribution < -0.4 is 10.2 Å². The summed E-state index contributed by atoms with van der Waals surface area (Å²) in [6.45, 7) is 3.75. The number of benzene rings is 1. The van der Waals surface area contributed by atoms with Gasteiger partial charge in [0.2, 0.25) is 5.82 Å². The maximum Gasteiger partial charge on any atom is 0.324 e. The summed E-state index contributed by atoms with van der Waals surface area (Å²) in [4.78, 5) is 6.53. The Morgan fingerprint density at radius 2 is 1.88 bits per heavy atom. The molecular weight excluding hydrogens is 216 g/mol. The molecule has 0 bridgehead atoms. The second kappa shape index (κ2) is 4.55. The lowest BCUT2D eigenvalue weighted by Gasteiger charge is -2.24. The van der Waals surface area contributed by atoms with Gasteiger partial charge in [0.1, 0.15) is 0 Å². The molecule has 5 heteroatoms. The highest BCUT2D eigenvalue weighted by Crippen LogP contribution is 2.19. The predicted molar refractivity (Wildman–Crippen MR) is 64.8 cm³/mol. The van der Waals surface area contributed by atoms with Crippen molar-refractivity contribution in [3.63, 3.8) is 0 Å². The molecule has 0 amide bonds. The largest absolute Gasteiger partial charge is 0.324 e. The Kier molecular flexibility index (Phi) is 2.75. The molecule has 0 spiro atoms. The monoisotopic (exact) mass is 230 g/mol. The van der Waals surface area contributed by atoms with E-state index in [2.05, 4.69) is 20.4 Å². The number of aromatic nitrogens is 2. The Morgan fingerprint density at radius 3 is 2.65 bits per heavy atom. The molecule has 0 saturated carbocycles. The molecule has 0 atom stereocenters. The normalized spacial score (nSPS) is 16.1. The third-order valence-electron chi connectivity index (χ3n) is 2.83. The van der Waals surface area contributed by atoms with Gasteiger partial charge in [-0.05, 0) is 0 Å². The fourth-order valence-corrected chi connectivity index (χ4v) is 1.90. The van der Waals surface area contributed by atoms with Crippen LogP contribution in [-0.2, 0) is 0 Å². The molecule has 5 nitrogen and oxygen atoms in total. The molecule has 1 aliphatic rings. The summed E-state index contributed by atoms with van der Waals surface area (Å²) in [5, 5.41) is 7.30. The minimum absolute atomic E-state index is 0.616. The zero-order chi connectivity index (χ0) is 11.5. The topological polar surface area (TPSA) is 54.2 Å². The second-order valence-corrected chi connectivity index (χ2v) is 4.00. The van der Waals surface area contributed by atoms with Crippen LogP contribution in [0.15, 0.2) is 34.9 Å². The van der Waals surface area contributed by atoms with Gasteiger partial charge in [0.25, 0.3) is 0 Å². The van der Waals surface area contributed by atoms with E-state index in [1.54, 1.807) is 0 Å². The van der Waals surface area contributed by atoms with Crippen LogP contribution in [0.5, 0.6) is 0 Å². The van der Waals surface area contributed by atoms with Crippen LogP contribution in [-0.4, -0.2) is 36.3 Å². The lowest BCUT2D eigenvalue weighted by atomic mass is 10.2. The first-order valence-electron chi connectivity index (χ1n) is 5.78. The van der Waals surface area contributed by atoms with E-state index in [1.807, 2.05) is 30.3 Å². The van der Waals surface area contributed by atoms with Gasteiger partial charge in [0.05, 0.1) is 0 Å².